The first-order valence-corrected chi connectivity index (χ1v) is 7.41. The minimum atomic E-state index is -0.0705. The zero-order valence-corrected chi connectivity index (χ0v) is 12.2. The normalized spacial score (nSPS) is 14.0. The Morgan fingerprint density at radius 2 is 1.71 bits per heavy atom. The maximum atomic E-state index is 12.1. The van der Waals surface area contributed by atoms with Gasteiger partial charge >= 0.3 is 0 Å². The quantitative estimate of drug-likeness (QED) is 0.880. The van der Waals surface area contributed by atoms with Gasteiger partial charge in [-0.3, -0.25) is 4.79 Å². The average Bonchev–Trinajstić information content (AvgIpc) is 3.31. The Balaban J connectivity index is 1.58. The summed E-state index contributed by atoms with van der Waals surface area (Å²) in [5.41, 5.74) is 3.91. The van der Waals surface area contributed by atoms with Crippen LogP contribution in [0.15, 0.2) is 48.5 Å². The van der Waals surface area contributed by atoms with Crippen molar-refractivity contribution in [1.29, 1.82) is 0 Å². The van der Waals surface area contributed by atoms with E-state index in [1.807, 2.05) is 43.3 Å². The molecule has 0 bridgehead atoms. The van der Waals surface area contributed by atoms with E-state index >= 15 is 0 Å². The molecule has 0 aliphatic heterocycles. The van der Waals surface area contributed by atoms with Crippen molar-refractivity contribution in [3.05, 3.63) is 65.2 Å². The summed E-state index contributed by atoms with van der Waals surface area (Å²) in [7, 11) is 0. The van der Waals surface area contributed by atoms with Gasteiger partial charge in [0.25, 0.3) is 5.91 Å². The lowest BCUT2D eigenvalue weighted by molar-refractivity contribution is 0.102. The average molecular weight is 280 g/mol. The summed E-state index contributed by atoms with van der Waals surface area (Å²) < 4.78 is 0. The fourth-order valence-electron chi connectivity index (χ4n) is 2.16. The van der Waals surface area contributed by atoms with Crippen LogP contribution >= 0.6 is 0 Å². The SMILES string of the molecule is Cc1ccc(C(=O)Nc2ccc(CNC3CC3)cc2)cc1. The molecule has 0 heterocycles. The van der Waals surface area contributed by atoms with Crippen LogP contribution in [0.1, 0.15) is 34.3 Å². The van der Waals surface area contributed by atoms with Crippen LogP contribution in [0.5, 0.6) is 0 Å². The second-order valence-electron chi connectivity index (χ2n) is 5.67. The first-order valence-electron chi connectivity index (χ1n) is 7.41. The third-order valence-electron chi connectivity index (χ3n) is 3.70. The number of rotatable bonds is 5. The number of hydrogen-bond donors (Lipinski definition) is 2. The maximum Gasteiger partial charge on any atom is 0.255 e. The third kappa shape index (κ3) is 3.92. The predicted molar refractivity (Wildman–Crippen MR) is 85.4 cm³/mol. The number of aryl methyl sites for hydroxylation is 1. The highest BCUT2D eigenvalue weighted by atomic mass is 16.1. The number of hydrogen-bond acceptors (Lipinski definition) is 2. The lowest BCUT2D eigenvalue weighted by Crippen LogP contribution is -2.15. The van der Waals surface area contributed by atoms with Crippen LogP contribution in [0.3, 0.4) is 0 Å². The highest BCUT2D eigenvalue weighted by molar-refractivity contribution is 6.04. The Labute approximate surface area is 125 Å². The fraction of sp³-hybridized carbons (Fsp3) is 0.278. The molecular formula is C18H20N2O. The molecule has 21 heavy (non-hydrogen) atoms. The van der Waals surface area contributed by atoms with Gasteiger partial charge in [0, 0.05) is 23.8 Å². The first-order chi connectivity index (χ1) is 10.2. The number of amides is 1. The van der Waals surface area contributed by atoms with Crippen LogP contribution in [-0.2, 0) is 6.54 Å². The van der Waals surface area contributed by atoms with E-state index in [-0.39, 0.29) is 5.91 Å². The minimum Gasteiger partial charge on any atom is -0.322 e. The Hall–Kier alpha value is -2.13. The number of nitrogens with one attached hydrogen (secondary N) is 2. The van der Waals surface area contributed by atoms with Crippen molar-refractivity contribution in [2.24, 2.45) is 0 Å². The molecule has 3 nitrogen and oxygen atoms in total. The van der Waals surface area contributed by atoms with Gasteiger partial charge in [0.2, 0.25) is 0 Å². The minimum absolute atomic E-state index is 0.0705. The third-order valence-corrected chi connectivity index (χ3v) is 3.70. The molecule has 108 valence electrons. The van der Waals surface area contributed by atoms with Gasteiger partial charge in [-0.25, -0.2) is 0 Å². The van der Waals surface area contributed by atoms with E-state index in [1.165, 1.54) is 18.4 Å². The van der Waals surface area contributed by atoms with Crippen molar-refractivity contribution in [2.75, 3.05) is 5.32 Å². The molecule has 2 aromatic rings. The van der Waals surface area contributed by atoms with E-state index in [9.17, 15) is 4.79 Å². The fourth-order valence-corrected chi connectivity index (χ4v) is 2.16. The van der Waals surface area contributed by atoms with Gasteiger partial charge < -0.3 is 10.6 Å². The molecule has 1 fully saturated rings. The first kappa shape index (κ1) is 13.8. The van der Waals surface area contributed by atoms with Crippen LogP contribution in [0, 0.1) is 6.92 Å². The van der Waals surface area contributed by atoms with E-state index in [0.29, 0.717) is 11.6 Å². The van der Waals surface area contributed by atoms with Crippen LogP contribution < -0.4 is 10.6 Å². The summed E-state index contributed by atoms with van der Waals surface area (Å²) in [6.07, 6.45) is 2.59. The molecule has 2 N–H and O–H groups in total. The van der Waals surface area contributed by atoms with Crippen LogP contribution in [0.4, 0.5) is 5.69 Å². The predicted octanol–water partition coefficient (Wildman–Crippen LogP) is 3.50. The topological polar surface area (TPSA) is 41.1 Å². The zero-order valence-electron chi connectivity index (χ0n) is 12.2. The molecule has 1 aliphatic rings. The summed E-state index contributed by atoms with van der Waals surface area (Å²) in [4.78, 5) is 12.1. The Kier molecular flexibility index (Phi) is 4.02. The molecule has 0 saturated heterocycles. The van der Waals surface area contributed by atoms with E-state index < -0.39 is 0 Å². The van der Waals surface area contributed by atoms with Gasteiger partial charge in [-0.15, -0.1) is 0 Å². The van der Waals surface area contributed by atoms with Crippen LogP contribution in [-0.4, -0.2) is 11.9 Å². The molecule has 0 aromatic heterocycles. The number of anilines is 1. The Bertz CT molecular complexity index is 613. The Morgan fingerprint density at radius 3 is 2.33 bits per heavy atom. The second-order valence-corrected chi connectivity index (χ2v) is 5.67. The zero-order chi connectivity index (χ0) is 14.7. The highest BCUT2D eigenvalue weighted by Gasteiger charge is 2.19. The molecule has 1 saturated carbocycles. The standard InChI is InChI=1S/C18H20N2O/c1-13-2-6-15(7-3-13)18(21)20-17-8-4-14(5-9-17)12-19-16-10-11-16/h2-9,16,19H,10-12H2,1H3,(H,20,21). The molecule has 1 amide bonds. The molecular weight excluding hydrogens is 260 g/mol. The monoisotopic (exact) mass is 280 g/mol. The smallest absolute Gasteiger partial charge is 0.255 e. The van der Waals surface area contributed by atoms with Crippen LogP contribution in [0.25, 0.3) is 0 Å². The maximum absolute atomic E-state index is 12.1. The molecule has 3 heteroatoms. The van der Waals surface area contributed by atoms with E-state index in [0.717, 1.165) is 17.8 Å². The van der Waals surface area contributed by atoms with Crippen LogP contribution in [0.2, 0.25) is 0 Å². The van der Waals surface area contributed by atoms with Gasteiger partial charge in [0.15, 0.2) is 0 Å². The van der Waals surface area contributed by atoms with Gasteiger partial charge in [-0.2, -0.15) is 0 Å². The van der Waals surface area contributed by atoms with Crippen molar-refractivity contribution in [3.8, 4) is 0 Å². The van der Waals surface area contributed by atoms with E-state index in [4.69, 9.17) is 0 Å². The van der Waals surface area contributed by atoms with Gasteiger partial charge in [0.1, 0.15) is 0 Å². The lowest BCUT2D eigenvalue weighted by atomic mass is 10.1. The Morgan fingerprint density at radius 1 is 1.05 bits per heavy atom. The highest BCUT2D eigenvalue weighted by Crippen LogP contribution is 2.19. The molecule has 1 aliphatic carbocycles. The number of carbonyl (C=O) groups excluding carboxylic acids is 1. The van der Waals surface area contributed by atoms with Crippen molar-refractivity contribution in [1.82, 2.24) is 5.32 Å². The molecule has 0 unspecified atom stereocenters. The van der Waals surface area contributed by atoms with Gasteiger partial charge in [-0.05, 0) is 49.6 Å². The molecule has 2 aromatic carbocycles. The molecule has 0 spiro atoms. The number of carbonyl (C=O) groups is 1. The largest absolute Gasteiger partial charge is 0.322 e. The van der Waals surface area contributed by atoms with E-state index in [2.05, 4.69) is 22.8 Å². The number of benzene rings is 2. The van der Waals surface area contributed by atoms with Gasteiger partial charge in [-0.1, -0.05) is 29.8 Å². The second kappa shape index (κ2) is 6.10. The summed E-state index contributed by atoms with van der Waals surface area (Å²) in [6, 6.07) is 16.3. The van der Waals surface area contributed by atoms with Crippen molar-refractivity contribution < 1.29 is 4.79 Å². The molecule has 0 radical (unpaired) electrons. The van der Waals surface area contributed by atoms with E-state index in [1.54, 1.807) is 0 Å². The molecule has 0 atom stereocenters. The van der Waals surface area contributed by atoms with Gasteiger partial charge in [0.05, 0.1) is 0 Å². The summed E-state index contributed by atoms with van der Waals surface area (Å²) >= 11 is 0. The van der Waals surface area contributed by atoms with Crippen molar-refractivity contribution in [3.63, 3.8) is 0 Å². The summed E-state index contributed by atoms with van der Waals surface area (Å²) in [5, 5.41) is 6.40. The summed E-state index contributed by atoms with van der Waals surface area (Å²) in [6.45, 7) is 2.91. The lowest BCUT2D eigenvalue weighted by Gasteiger charge is -2.07. The van der Waals surface area contributed by atoms with Crippen molar-refractivity contribution in [2.45, 2.75) is 32.4 Å². The molecule has 3 rings (SSSR count). The summed E-state index contributed by atoms with van der Waals surface area (Å²) in [5.74, 6) is -0.0705. The van der Waals surface area contributed by atoms with Crippen molar-refractivity contribution >= 4 is 11.6 Å².